The molecule has 0 aliphatic rings. The summed E-state index contributed by atoms with van der Waals surface area (Å²) in [6, 6.07) is 12.2. The van der Waals surface area contributed by atoms with Gasteiger partial charge < -0.3 is 9.80 Å². The number of hydrogen-bond acceptors (Lipinski definition) is 3. The van der Waals surface area contributed by atoms with Gasteiger partial charge >= 0.3 is 0 Å². The molecule has 0 saturated heterocycles. The molecular formula is C20H27N3O. The summed E-state index contributed by atoms with van der Waals surface area (Å²) in [6.07, 6.45) is 3.48. The first-order valence-corrected chi connectivity index (χ1v) is 8.61. The molecule has 0 aliphatic heterocycles. The highest BCUT2D eigenvalue weighted by Crippen LogP contribution is 2.18. The first-order valence-electron chi connectivity index (χ1n) is 8.61. The maximum absolute atomic E-state index is 13.0. The Morgan fingerprint density at radius 2 is 1.75 bits per heavy atom. The number of aromatic nitrogens is 1. The molecule has 1 aromatic heterocycles. The molecule has 4 nitrogen and oxygen atoms in total. The van der Waals surface area contributed by atoms with E-state index in [2.05, 4.69) is 23.7 Å². The zero-order chi connectivity index (χ0) is 17.5. The van der Waals surface area contributed by atoms with Crippen molar-refractivity contribution in [2.75, 3.05) is 18.0 Å². The quantitative estimate of drug-likeness (QED) is 0.772. The Morgan fingerprint density at radius 3 is 2.33 bits per heavy atom. The number of amides is 1. The Morgan fingerprint density at radius 1 is 1.08 bits per heavy atom. The minimum atomic E-state index is 0.0235. The second-order valence-corrected chi connectivity index (χ2v) is 6.12. The lowest BCUT2D eigenvalue weighted by Gasteiger charge is -2.28. The minimum Gasteiger partial charge on any atom is -0.371 e. The van der Waals surface area contributed by atoms with E-state index in [-0.39, 0.29) is 11.9 Å². The maximum Gasteiger partial charge on any atom is 0.256 e. The van der Waals surface area contributed by atoms with Crippen molar-refractivity contribution in [1.29, 1.82) is 0 Å². The lowest BCUT2D eigenvalue weighted by molar-refractivity contribution is 0.0690. The van der Waals surface area contributed by atoms with Crippen molar-refractivity contribution in [3.05, 3.63) is 59.9 Å². The van der Waals surface area contributed by atoms with Crippen LogP contribution in [0.3, 0.4) is 0 Å². The first kappa shape index (κ1) is 18.0. The summed E-state index contributed by atoms with van der Waals surface area (Å²) in [7, 11) is 0. The van der Waals surface area contributed by atoms with Crippen LogP contribution in [-0.2, 0) is 6.54 Å². The number of rotatable bonds is 7. The fraction of sp³-hybridized carbons (Fsp3) is 0.400. The second kappa shape index (κ2) is 8.48. The summed E-state index contributed by atoms with van der Waals surface area (Å²) in [4.78, 5) is 21.4. The van der Waals surface area contributed by atoms with Crippen LogP contribution in [0.5, 0.6) is 0 Å². The molecule has 0 bridgehead atoms. The van der Waals surface area contributed by atoms with Crippen molar-refractivity contribution in [2.45, 2.75) is 40.3 Å². The molecule has 0 aliphatic carbocycles. The maximum atomic E-state index is 13.0. The summed E-state index contributed by atoms with van der Waals surface area (Å²) in [6.45, 7) is 10.7. The average molecular weight is 325 g/mol. The van der Waals surface area contributed by atoms with Gasteiger partial charge in [-0.05, 0) is 39.3 Å². The predicted molar refractivity (Wildman–Crippen MR) is 99.2 cm³/mol. The molecule has 4 heteroatoms. The van der Waals surface area contributed by atoms with Gasteiger partial charge in [-0.2, -0.15) is 0 Å². The largest absolute Gasteiger partial charge is 0.371 e. The van der Waals surface area contributed by atoms with Gasteiger partial charge in [-0.3, -0.25) is 9.78 Å². The van der Waals surface area contributed by atoms with Crippen LogP contribution in [0, 0.1) is 0 Å². The summed E-state index contributed by atoms with van der Waals surface area (Å²) < 4.78 is 0. The smallest absolute Gasteiger partial charge is 0.256 e. The molecule has 24 heavy (non-hydrogen) atoms. The van der Waals surface area contributed by atoms with E-state index in [9.17, 15) is 4.79 Å². The van der Waals surface area contributed by atoms with Gasteiger partial charge in [0, 0.05) is 31.9 Å². The van der Waals surface area contributed by atoms with Crippen LogP contribution in [0.15, 0.2) is 48.8 Å². The Balaban J connectivity index is 2.25. The SMILES string of the molecule is CCN(CC)c1cncc(C(=O)N(Cc2ccccc2)C(C)C)c1. The third-order valence-electron chi connectivity index (χ3n) is 4.18. The third-order valence-corrected chi connectivity index (χ3v) is 4.18. The van der Waals surface area contributed by atoms with Gasteiger partial charge in [0.2, 0.25) is 0 Å². The molecular weight excluding hydrogens is 298 g/mol. The second-order valence-electron chi connectivity index (χ2n) is 6.12. The Bertz CT molecular complexity index is 651. The molecule has 2 rings (SSSR count). The monoisotopic (exact) mass is 325 g/mol. The first-order chi connectivity index (χ1) is 11.6. The molecule has 1 aromatic carbocycles. The number of pyridine rings is 1. The zero-order valence-corrected chi connectivity index (χ0v) is 15.1. The fourth-order valence-corrected chi connectivity index (χ4v) is 2.74. The highest BCUT2D eigenvalue weighted by Gasteiger charge is 2.20. The number of benzene rings is 1. The van der Waals surface area contributed by atoms with E-state index in [4.69, 9.17) is 0 Å². The third kappa shape index (κ3) is 4.34. The highest BCUT2D eigenvalue weighted by atomic mass is 16.2. The number of carbonyl (C=O) groups is 1. The number of hydrogen-bond donors (Lipinski definition) is 0. The van der Waals surface area contributed by atoms with Crippen LogP contribution in [0.1, 0.15) is 43.6 Å². The van der Waals surface area contributed by atoms with Gasteiger partial charge in [-0.15, -0.1) is 0 Å². The van der Waals surface area contributed by atoms with Crippen LogP contribution >= 0.6 is 0 Å². The van der Waals surface area contributed by atoms with Crippen molar-refractivity contribution in [2.24, 2.45) is 0 Å². The van der Waals surface area contributed by atoms with Gasteiger partial charge in [0.15, 0.2) is 0 Å². The summed E-state index contributed by atoms with van der Waals surface area (Å²) >= 11 is 0. The molecule has 2 aromatic rings. The zero-order valence-electron chi connectivity index (χ0n) is 15.1. The van der Waals surface area contributed by atoms with Gasteiger partial charge in [-0.1, -0.05) is 30.3 Å². The normalized spacial score (nSPS) is 10.7. The van der Waals surface area contributed by atoms with E-state index < -0.39 is 0 Å². The standard InChI is InChI=1S/C20H27N3O/c1-5-22(6-2)19-12-18(13-21-14-19)20(24)23(16(3)4)15-17-10-8-7-9-11-17/h7-14,16H,5-6,15H2,1-4H3. The molecule has 0 N–H and O–H groups in total. The Hall–Kier alpha value is -2.36. The van der Waals surface area contributed by atoms with E-state index in [1.807, 2.05) is 61.3 Å². The minimum absolute atomic E-state index is 0.0235. The molecule has 0 saturated carbocycles. The van der Waals surface area contributed by atoms with Crippen LogP contribution in [0.2, 0.25) is 0 Å². The van der Waals surface area contributed by atoms with E-state index in [0.29, 0.717) is 12.1 Å². The molecule has 0 radical (unpaired) electrons. The van der Waals surface area contributed by atoms with E-state index in [1.54, 1.807) is 6.20 Å². The Kier molecular flexibility index (Phi) is 6.36. The van der Waals surface area contributed by atoms with Gasteiger partial charge in [-0.25, -0.2) is 0 Å². The van der Waals surface area contributed by atoms with Crippen molar-refractivity contribution >= 4 is 11.6 Å². The molecule has 1 heterocycles. The lowest BCUT2D eigenvalue weighted by Crippen LogP contribution is -2.36. The topological polar surface area (TPSA) is 36.4 Å². The molecule has 0 unspecified atom stereocenters. The van der Waals surface area contributed by atoms with E-state index >= 15 is 0 Å². The van der Waals surface area contributed by atoms with E-state index in [1.165, 1.54) is 0 Å². The number of anilines is 1. The average Bonchev–Trinajstić information content (AvgIpc) is 2.61. The van der Waals surface area contributed by atoms with Crippen molar-refractivity contribution in [3.63, 3.8) is 0 Å². The van der Waals surface area contributed by atoms with Gasteiger partial charge in [0.25, 0.3) is 5.91 Å². The van der Waals surface area contributed by atoms with Crippen molar-refractivity contribution < 1.29 is 4.79 Å². The summed E-state index contributed by atoms with van der Waals surface area (Å²) in [5.74, 6) is 0.0235. The van der Waals surface area contributed by atoms with Crippen LogP contribution in [0.25, 0.3) is 0 Å². The fourth-order valence-electron chi connectivity index (χ4n) is 2.74. The lowest BCUT2D eigenvalue weighted by atomic mass is 10.1. The number of carbonyl (C=O) groups excluding carboxylic acids is 1. The van der Waals surface area contributed by atoms with Gasteiger partial charge in [0.05, 0.1) is 17.4 Å². The van der Waals surface area contributed by atoms with Crippen LogP contribution in [0.4, 0.5) is 5.69 Å². The molecule has 0 spiro atoms. The van der Waals surface area contributed by atoms with E-state index in [0.717, 1.165) is 24.3 Å². The summed E-state index contributed by atoms with van der Waals surface area (Å²) in [5.41, 5.74) is 2.77. The molecule has 128 valence electrons. The number of nitrogens with zero attached hydrogens (tertiary/aromatic N) is 3. The molecule has 0 atom stereocenters. The van der Waals surface area contributed by atoms with Crippen LogP contribution < -0.4 is 4.90 Å². The predicted octanol–water partition coefficient (Wildman–Crippen LogP) is 3.98. The van der Waals surface area contributed by atoms with Crippen LogP contribution in [-0.4, -0.2) is 34.9 Å². The molecule has 1 amide bonds. The highest BCUT2D eigenvalue weighted by molar-refractivity contribution is 5.95. The van der Waals surface area contributed by atoms with Crippen molar-refractivity contribution in [1.82, 2.24) is 9.88 Å². The van der Waals surface area contributed by atoms with Crippen molar-refractivity contribution in [3.8, 4) is 0 Å². The summed E-state index contributed by atoms with van der Waals surface area (Å²) in [5, 5.41) is 0. The Labute approximate surface area is 145 Å². The van der Waals surface area contributed by atoms with Gasteiger partial charge in [0.1, 0.15) is 0 Å². The molecule has 0 fully saturated rings.